The number of benzene rings is 2. The van der Waals surface area contributed by atoms with Gasteiger partial charge in [0.2, 0.25) is 5.91 Å². The fourth-order valence-electron chi connectivity index (χ4n) is 5.89. The second kappa shape index (κ2) is 13.7. The van der Waals surface area contributed by atoms with E-state index in [0.29, 0.717) is 19.1 Å². The third kappa shape index (κ3) is 6.88. The Morgan fingerprint density at radius 2 is 1.82 bits per heavy atom. The van der Waals surface area contributed by atoms with Gasteiger partial charge in [0.05, 0.1) is 30.5 Å². The van der Waals surface area contributed by atoms with Gasteiger partial charge in [-0.15, -0.1) is 0 Å². The minimum atomic E-state index is -0.261. The van der Waals surface area contributed by atoms with Crippen molar-refractivity contribution < 1.29 is 9.53 Å². The monoisotopic (exact) mass is 585 g/mol. The van der Waals surface area contributed by atoms with Crippen LogP contribution >= 0.6 is 0 Å². The number of amides is 1. The molecule has 1 unspecified atom stereocenters. The molecule has 5 aromatic rings. The van der Waals surface area contributed by atoms with Crippen molar-refractivity contribution in [1.29, 1.82) is 0 Å². The quantitative estimate of drug-likeness (QED) is 0.163. The topological polar surface area (TPSA) is 73.1 Å². The number of aryl methyl sites for hydroxylation is 2. The lowest BCUT2D eigenvalue weighted by molar-refractivity contribution is -0.120. The zero-order valence-electron chi connectivity index (χ0n) is 25.5. The van der Waals surface area contributed by atoms with Crippen LogP contribution in [0.15, 0.2) is 104 Å². The summed E-state index contributed by atoms with van der Waals surface area (Å²) < 4.78 is 8.23. The normalized spacial score (nSPS) is 14.3. The van der Waals surface area contributed by atoms with Crippen molar-refractivity contribution >= 4 is 11.6 Å². The van der Waals surface area contributed by atoms with Gasteiger partial charge < -0.3 is 9.64 Å². The minimum Gasteiger partial charge on any atom is -0.489 e. The average molecular weight is 586 g/mol. The van der Waals surface area contributed by atoms with Crippen LogP contribution in [-0.4, -0.2) is 25.7 Å². The minimum absolute atomic E-state index is 0.0755. The van der Waals surface area contributed by atoms with Crippen LogP contribution in [-0.2, 0) is 37.3 Å². The molecule has 44 heavy (non-hydrogen) atoms. The highest BCUT2D eigenvalue weighted by Gasteiger charge is 2.32. The highest BCUT2D eigenvalue weighted by atomic mass is 16.5. The number of anilines is 1. The molecular weight excluding hydrogens is 546 g/mol. The van der Waals surface area contributed by atoms with Gasteiger partial charge in [-0.25, -0.2) is 0 Å². The summed E-state index contributed by atoms with van der Waals surface area (Å²) in [7, 11) is 0. The molecule has 0 aliphatic heterocycles. The molecule has 7 heteroatoms. The molecule has 1 atom stereocenters. The van der Waals surface area contributed by atoms with E-state index in [1.807, 2.05) is 95.0 Å². The maximum atomic E-state index is 14.5. The molecule has 1 aliphatic carbocycles. The van der Waals surface area contributed by atoms with Crippen LogP contribution in [0.3, 0.4) is 0 Å². The fourth-order valence-corrected chi connectivity index (χ4v) is 5.89. The Kier molecular flexibility index (Phi) is 9.11. The van der Waals surface area contributed by atoms with E-state index in [9.17, 15) is 4.79 Å². The number of fused-ring (bicyclic) bond motifs is 1. The van der Waals surface area contributed by atoms with Gasteiger partial charge in [0.1, 0.15) is 12.4 Å². The molecule has 0 saturated carbocycles. The van der Waals surface area contributed by atoms with Crippen LogP contribution in [0, 0.1) is 0 Å². The molecule has 0 spiro atoms. The third-order valence-electron chi connectivity index (χ3n) is 8.29. The average Bonchev–Trinajstić information content (AvgIpc) is 3.53. The Morgan fingerprint density at radius 3 is 2.59 bits per heavy atom. The summed E-state index contributed by atoms with van der Waals surface area (Å²) in [4.78, 5) is 25.5. The number of nitrogens with zero attached hydrogens (tertiary/aromatic N) is 5. The van der Waals surface area contributed by atoms with E-state index in [2.05, 4.69) is 42.1 Å². The van der Waals surface area contributed by atoms with Crippen LogP contribution in [0.4, 0.5) is 5.69 Å². The first-order valence-electron chi connectivity index (χ1n) is 15.5. The molecule has 1 amide bonds. The SMILES string of the molecule is CC(C)c1ccc(N(Cc2cnn(CCc3ccccn3)c2)C(=O)C2CCCc3c(OCc4ccccc4)cccc32)cn1. The van der Waals surface area contributed by atoms with Gasteiger partial charge in [0.25, 0.3) is 0 Å². The van der Waals surface area contributed by atoms with Gasteiger partial charge in [0.15, 0.2) is 0 Å². The lowest BCUT2D eigenvalue weighted by Gasteiger charge is -2.31. The molecule has 2 aromatic carbocycles. The summed E-state index contributed by atoms with van der Waals surface area (Å²) in [6.07, 6.45) is 11.0. The molecule has 0 bridgehead atoms. The van der Waals surface area contributed by atoms with Crippen LogP contribution in [0.1, 0.15) is 72.2 Å². The molecular formula is C37H39N5O2. The van der Waals surface area contributed by atoms with Gasteiger partial charge in [-0.1, -0.05) is 62.4 Å². The van der Waals surface area contributed by atoms with E-state index < -0.39 is 0 Å². The van der Waals surface area contributed by atoms with Crippen LogP contribution in [0.5, 0.6) is 5.75 Å². The summed E-state index contributed by atoms with van der Waals surface area (Å²) in [5.41, 5.74) is 7.14. The van der Waals surface area contributed by atoms with Gasteiger partial charge >= 0.3 is 0 Å². The molecule has 0 N–H and O–H groups in total. The summed E-state index contributed by atoms with van der Waals surface area (Å²) in [5, 5.41) is 4.60. The number of ether oxygens (including phenoxy) is 1. The molecule has 0 radical (unpaired) electrons. The molecule has 0 saturated heterocycles. The first kappa shape index (κ1) is 29.3. The maximum absolute atomic E-state index is 14.5. The molecule has 3 aromatic heterocycles. The smallest absolute Gasteiger partial charge is 0.234 e. The standard InChI is InChI=1S/C37H39N5O2/c1-27(2)35-18-17-31(23-39-35)42(25-29-22-40-41(24-29)21-19-30-12-6-7-20-38-30)37(43)34-15-8-14-33-32(34)13-9-16-36(33)44-26-28-10-4-3-5-11-28/h3-7,9-13,16-18,20,22-24,27,34H,8,14-15,19,21,25-26H2,1-2H3. The van der Waals surface area contributed by atoms with Gasteiger partial charge in [0, 0.05) is 42.3 Å². The second-order valence-corrected chi connectivity index (χ2v) is 11.7. The summed E-state index contributed by atoms with van der Waals surface area (Å²) in [5.74, 6) is 0.993. The molecule has 224 valence electrons. The number of carbonyl (C=O) groups is 1. The zero-order valence-corrected chi connectivity index (χ0v) is 25.5. The van der Waals surface area contributed by atoms with Gasteiger partial charge in [-0.05, 0) is 72.2 Å². The zero-order chi connectivity index (χ0) is 30.3. The predicted octanol–water partition coefficient (Wildman–Crippen LogP) is 7.27. The molecule has 1 aliphatic rings. The molecule has 3 heterocycles. The highest BCUT2D eigenvalue weighted by molar-refractivity contribution is 5.98. The number of aromatic nitrogens is 4. The van der Waals surface area contributed by atoms with Gasteiger partial charge in [-0.3, -0.25) is 19.4 Å². The Morgan fingerprint density at radius 1 is 0.955 bits per heavy atom. The highest BCUT2D eigenvalue weighted by Crippen LogP contribution is 2.39. The number of hydrogen-bond donors (Lipinski definition) is 0. The number of pyridine rings is 2. The first-order chi connectivity index (χ1) is 21.5. The van der Waals surface area contributed by atoms with E-state index in [-0.39, 0.29) is 11.8 Å². The van der Waals surface area contributed by atoms with Crippen molar-refractivity contribution in [3.05, 3.63) is 137 Å². The van der Waals surface area contributed by atoms with Crippen molar-refractivity contribution in [2.24, 2.45) is 0 Å². The second-order valence-electron chi connectivity index (χ2n) is 11.7. The van der Waals surface area contributed by atoms with Crippen molar-refractivity contribution in [2.45, 2.75) is 71.1 Å². The summed E-state index contributed by atoms with van der Waals surface area (Å²) in [6, 6.07) is 26.3. The summed E-state index contributed by atoms with van der Waals surface area (Å²) in [6.45, 7) is 5.89. The van der Waals surface area contributed by atoms with E-state index in [4.69, 9.17) is 9.72 Å². The van der Waals surface area contributed by atoms with Crippen LogP contribution in [0.2, 0.25) is 0 Å². The van der Waals surface area contributed by atoms with E-state index in [1.165, 1.54) is 0 Å². The van der Waals surface area contributed by atoms with Crippen LogP contribution < -0.4 is 9.64 Å². The van der Waals surface area contributed by atoms with E-state index in [1.54, 1.807) is 0 Å². The number of carbonyl (C=O) groups excluding carboxylic acids is 1. The number of hydrogen-bond acceptors (Lipinski definition) is 5. The van der Waals surface area contributed by atoms with Gasteiger partial charge in [-0.2, -0.15) is 5.10 Å². The Labute approximate surface area is 259 Å². The first-order valence-corrected chi connectivity index (χ1v) is 15.5. The lowest BCUT2D eigenvalue weighted by Crippen LogP contribution is -2.36. The molecule has 0 fully saturated rings. The van der Waals surface area contributed by atoms with Crippen molar-refractivity contribution in [3.8, 4) is 5.75 Å². The fraction of sp³-hybridized carbons (Fsp3) is 0.297. The van der Waals surface area contributed by atoms with Crippen LogP contribution in [0.25, 0.3) is 0 Å². The van der Waals surface area contributed by atoms with E-state index >= 15 is 0 Å². The van der Waals surface area contributed by atoms with Crippen molar-refractivity contribution in [2.75, 3.05) is 4.90 Å². The third-order valence-corrected chi connectivity index (χ3v) is 8.29. The Hall–Kier alpha value is -4.78. The largest absolute Gasteiger partial charge is 0.489 e. The number of rotatable bonds is 11. The molecule has 6 rings (SSSR count). The Balaban J connectivity index is 1.25. The summed E-state index contributed by atoms with van der Waals surface area (Å²) >= 11 is 0. The maximum Gasteiger partial charge on any atom is 0.234 e. The Bertz CT molecular complexity index is 1670. The lowest BCUT2D eigenvalue weighted by atomic mass is 9.81. The van der Waals surface area contributed by atoms with Crippen molar-refractivity contribution in [3.63, 3.8) is 0 Å². The predicted molar refractivity (Wildman–Crippen MR) is 173 cm³/mol. The van der Waals surface area contributed by atoms with E-state index in [0.717, 1.165) is 77.3 Å². The molecule has 7 nitrogen and oxygen atoms in total. The van der Waals surface area contributed by atoms with Crippen molar-refractivity contribution in [1.82, 2.24) is 19.7 Å².